The zero-order chi connectivity index (χ0) is 8.48. The van der Waals surface area contributed by atoms with E-state index in [1.807, 2.05) is 6.07 Å². The average Bonchev–Trinajstić information content (AvgIpc) is 2.31. The summed E-state index contributed by atoms with van der Waals surface area (Å²) in [6.45, 7) is 6.44. The lowest BCUT2D eigenvalue weighted by atomic mass is 9.87. The van der Waals surface area contributed by atoms with Crippen molar-refractivity contribution in [3.8, 4) is 0 Å². The third-order valence-corrected chi connectivity index (χ3v) is 1.92. The monoisotopic (exact) mass is 172 g/mol. The van der Waals surface area contributed by atoms with Gasteiger partial charge in [-0.3, -0.25) is 0 Å². The minimum atomic E-state index is 0.136. The molecule has 0 aliphatic heterocycles. The third kappa shape index (κ3) is 1.78. The molecular weight excluding hydrogens is 160 g/mol. The van der Waals surface area contributed by atoms with E-state index >= 15 is 0 Å². The fourth-order valence-electron chi connectivity index (χ4n) is 1.11. The lowest BCUT2D eigenvalue weighted by molar-refractivity contribution is 0.502. The predicted molar refractivity (Wildman–Crippen MR) is 47.0 cm³/mol. The van der Waals surface area contributed by atoms with Crippen LogP contribution >= 0.6 is 11.6 Å². The highest BCUT2D eigenvalue weighted by Gasteiger charge is 2.19. The summed E-state index contributed by atoms with van der Waals surface area (Å²) in [5.74, 6) is 1.35. The first-order chi connectivity index (χ1) is 5.05. The summed E-state index contributed by atoms with van der Waals surface area (Å²) < 4.78 is 5.21. The van der Waals surface area contributed by atoms with E-state index in [1.165, 1.54) is 5.56 Å². The lowest BCUT2D eigenvalue weighted by Gasteiger charge is -2.17. The first-order valence-corrected chi connectivity index (χ1v) is 4.22. The maximum atomic E-state index is 5.69. The van der Waals surface area contributed by atoms with E-state index in [4.69, 9.17) is 16.0 Å². The Hall–Kier alpha value is -0.430. The first kappa shape index (κ1) is 8.66. The topological polar surface area (TPSA) is 13.1 Å². The minimum Gasteiger partial charge on any atom is -0.468 e. The number of furan rings is 1. The summed E-state index contributed by atoms with van der Waals surface area (Å²) in [7, 11) is 0. The van der Waals surface area contributed by atoms with Crippen LogP contribution in [0.4, 0.5) is 0 Å². The first-order valence-electron chi connectivity index (χ1n) is 3.68. The van der Waals surface area contributed by atoms with Gasteiger partial charge in [0.2, 0.25) is 0 Å². The van der Waals surface area contributed by atoms with Gasteiger partial charge >= 0.3 is 0 Å². The smallest absolute Gasteiger partial charge is 0.122 e. The van der Waals surface area contributed by atoms with Crippen molar-refractivity contribution in [2.45, 2.75) is 32.1 Å². The van der Waals surface area contributed by atoms with Crippen molar-refractivity contribution in [3.63, 3.8) is 0 Å². The van der Waals surface area contributed by atoms with Crippen molar-refractivity contribution in [1.29, 1.82) is 0 Å². The van der Waals surface area contributed by atoms with Crippen molar-refractivity contribution < 1.29 is 4.42 Å². The van der Waals surface area contributed by atoms with Crippen LogP contribution < -0.4 is 0 Å². The third-order valence-electron chi connectivity index (χ3n) is 1.67. The lowest BCUT2D eigenvalue weighted by Crippen LogP contribution is -2.11. The van der Waals surface area contributed by atoms with Crippen molar-refractivity contribution in [2.24, 2.45) is 0 Å². The molecule has 1 nitrogen and oxygen atoms in total. The molecule has 1 heterocycles. The molecule has 1 rings (SSSR count). The normalized spacial score (nSPS) is 12.0. The molecule has 0 spiro atoms. The zero-order valence-electron chi connectivity index (χ0n) is 7.15. The number of rotatable bonds is 1. The minimum absolute atomic E-state index is 0.136. The van der Waals surface area contributed by atoms with E-state index in [-0.39, 0.29) is 5.41 Å². The zero-order valence-corrected chi connectivity index (χ0v) is 7.90. The van der Waals surface area contributed by atoms with Gasteiger partial charge in [0.1, 0.15) is 5.76 Å². The molecule has 2 heteroatoms. The molecule has 0 saturated heterocycles. The Morgan fingerprint density at radius 2 is 2.09 bits per heavy atom. The highest BCUT2D eigenvalue weighted by Crippen LogP contribution is 2.27. The van der Waals surface area contributed by atoms with E-state index in [0.717, 1.165) is 5.76 Å². The van der Waals surface area contributed by atoms with Crippen molar-refractivity contribution >= 4 is 11.6 Å². The largest absolute Gasteiger partial charge is 0.468 e. The maximum Gasteiger partial charge on any atom is 0.122 e. The molecule has 0 atom stereocenters. The van der Waals surface area contributed by atoms with Gasteiger partial charge in [0.25, 0.3) is 0 Å². The van der Waals surface area contributed by atoms with E-state index in [9.17, 15) is 0 Å². The van der Waals surface area contributed by atoms with Crippen LogP contribution in [0.1, 0.15) is 32.1 Å². The summed E-state index contributed by atoms with van der Waals surface area (Å²) in [4.78, 5) is 0. The molecule has 0 radical (unpaired) electrons. The van der Waals surface area contributed by atoms with Gasteiger partial charge in [-0.25, -0.2) is 0 Å². The molecule has 0 saturated carbocycles. The Bertz CT molecular complexity index is 232. The average molecular weight is 173 g/mol. The van der Waals surface area contributed by atoms with E-state index < -0.39 is 0 Å². The van der Waals surface area contributed by atoms with Gasteiger partial charge < -0.3 is 4.42 Å². The molecule has 0 aliphatic carbocycles. The van der Waals surface area contributed by atoms with Crippen LogP contribution in [0.15, 0.2) is 16.7 Å². The molecule has 1 aromatic heterocycles. The summed E-state index contributed by atoms with van der Waals surface area (Å²) in [5.41, 5.74) is 1.34. The van der Waals surface area contributed by atoms with Crippen LogP contribution in [0, 0.1) is 0 Å². The SMILES string of the molecule is CC(C)(C)c1ccoc1CCl. The Labute approximate surface area is 72.4 Å². The van der Waals surface area contributed by atoms with Gasteiger partial charge in [0, 0.05) is 5.56 Å². The highest BCUT2D eigenvalue weighted by atomic mass is 35.5. The Morgan fingerprint density at radius 3 is 2.45 bits per heavy atom. The molecule has 0 N–H and O–H groups in total. The summed E-state index contributed by atoms with van der Waals surface area (Å²) in [6, 6.07) is 1.98. The molecule has 0 bridgehead atoms. The molecule has 0 unspecified atom stereocenters. The van der Waals surface area contributed by atoms with Crippen LogP contribution in [-0.4, -0.2) is 0 Å². The van der Waals surface area contributed by atoms with Gasteiger partial charge in [0.05, 0.1) is 12.1 Å². The summed E-state index contributed by atoms with van der Waals surface area (Å²) in [5, 5.41) is 0. The van der Waals surface area contributed by atoms with Crippen LogP contribution in [0.25, 0.3) is 0 Å². The fourth-order valence-corrected chi connectivity index (χ4v) is 1.32. The summed E-state index contributed by atoms with van der Waals surface area (Å²) in [6.07, 6.45) is 1.69. The molecule has 0 fully saturated rings. The number of halogens is 1. The highest BCUT2D eigenvalue weighted by molar-refractivity contribution is 6.16. The second-order valence-corrected chi connectivity index (χ2v) is 3.91. The van der Waals surface area contributed by atoms with Gasteiger partial charge in [0.15, 0.2) is 0 Å². The van der Waals surface area contributed by atoms with Crippen LogP contribution in [0.2, 0.25) is 0 Å². The van der Waals surface area contributed by atoms with Crippen molar-refractivity contribution in [3.05, 3.63) is 23.7 Å². The van der Waals surface area contributed by atoms with E-state index in [2.05, 4.69) is 20.8 Å². The van der Waals surface area contributed by atoms with E-state index in [1.54, 1.807) is 6.26 Å². The Morgan fingerprint density at radius 1 is 1.45 bits per heavy atom. The van der Waals surface area contributed by atoms with Gasteiger partial charge in [-0.05, 0) is 11.5 Å². The molecular formula is C9H13ClO. The van der Waals surface area contributed by atoms with Gasteiger partial charge in [-0.15, -0.1) is 11.6 Å². The number of hydrogen-bond donors (Lipinski definition) is 0. The quantitative estimate of drug-likeness (QED) is 0.593. The van der Waals surface area contributed by atoms with Crippen LogP contribution in [-0.2, 0) is 11.3 Å². The second-order valence-electron chi connectivity index (χ2n) is 3.64. The molecule has 62 valence electrons. The fraction of sp³-hybridized carbons (Fsp3) is 0.556. The van der Waals surface area contributed by atoms with Gasteiger partial charge in [-0.1, -0.05) is 20.8 Å². The van der Waals surface area contributed by atoms with Crippen LogP contribution in [0.5, 0.6) is 0 Å². The second kappa shape index (κ2) is 2.90. The predicted octanol–water partition coefficient (Wildman–Crippen LogP) is 3.32. The van der Waals surface area contributed by atoms with E-state index in [0.29, 0.717) is 5.88 Å². The van der Waals surface area contributed by atoms with Crippen molar-refractivity contribution in [1.82, 2.24) is 0 Å². The molecule has 1 aromatic rings. The van der Waals surface area contributed by atoms with Gasteiger partial charge in [-0.2, -0.15) is 0 Å². The summed E-state index contributed by atoms with van der Waals surface area (Å²) >= 11 is 5.69. The molecule has 11 heavy (non-hydrogen) atoms. The van der Waals surface area contributed by atoms with Crippen LogP contribution in [0.3, 0.4) is 0 Å². The molecule has 0 aliphatic rings. The Balaban J connectivity index is 3.02. The number of hydrogen-bond acceptors (Lipinski definition) is 1. The van der Waals surface area contributed by atoms with Crippen molar-refractivity contribution in [2.75, 3.05) is 0 Å². The Kier molecular flexibility index (Phi) is 2.28. The molecule has 0 aromatic carbocycles. The number of alkyl halides is 1. The maximum absolute atomic E-state index is 5.69. The standard InChI is InChI=1S/C9H13ClO/c1-9(2,3)7-4-5-11-8(7)6-10/h4-5H,6H2,1-3H3. The molecule has 0 amide bonds.